The highest BCUT2D eigenvalue weighted by molar-refractivity contribution is 8.00. The maximum atomic E-state index is 12.5. The van der Waals surface area contributed by atoms with Crippen LogP contribution < -0.4 is 0 Å². The number of carbonyl (C=O) groups is 1. The second kappa shape index (κ2) is 1.99. The molecule has 2 aliphatic rings. The number of hydrogen-bond acceptors (Lipinski definition) is 2. The average molecular weight is 159 g/mol. The van der Waals surface area contributed by atoms with Gasteiger partial charge in [0.05, 0.1) is 11.8 Å². The number of carbonyl (C=O) groups excluding carboxylic acids is 1. The van der Waals surface area contributed by atoms with Gasteiger partial charge in [0.15, 0.2) is 0 Å². The summed E-state index contributed by atoms with van der Waals surface area (Å²) in [6.45, 7) is 0. The second-order valence-electron chi connectivity index (χ2n) is 2.35. The highest BCUT2D eigenvalue weighted by atomic mass is 32.2. The van der Waals surface area contributed by atoms with E-state index in [2.05, 4.69) is 0 Å². The molecule has 0 radical (unpaired) electrons. The molecule has 0 saturated carbocycles. The van der Waals surface area contributed by atoms with Gasteiger partial charge in [0.1, 0.15) is 5.83 Å². The van der Waals surface area contributed by atoms with Crippen LogP contribution in [0.1, 0.15) is 6.42 Å². The van der Waals surface area contributed by atoms with Gasteiger partial charge < -0.3 is 4.90 Å². The van der Waals surface area contributed by atoms with Crippen molar-refractivity contribution in [3.63, 3.8) is 0 Å². The van der Waals surface area contributed by atoms with E-state index in [0.717, 1.165) is 0 Å². The molecule has 2 heterocycles. The number of nitrogens with zero attached hydrogens (tertiary/aromatic N) is 1. The number of rotatable bonds is 0. The van der Waals surface area contributed by atoms with Crippen LogP contribution in [0.25, 0.3) is 0 Å². The largest absolute Gasteiger partial charge is 0.303 e. The quantitative estimate of drug-likeness (QED) is 0.493. The molecule has 1 fully saturated rings. The first kappa shape index (κ1) is 6.22. The number of fused-ring (bicyclic) bond motifs is 1. The van der Waals surface area contributed by atoms with Gasteiger partial charge in [-0.05, 0) is 0 Å². The summed E-state index contributed by atoms with van der Waals surface area (Å²) < 4.78 is 12.5. The van der Waals surface area contributed by atoms with Crippen molar-refractivity contribution in [2.75, 3.05) is 5.75 Å². The first-order chi connectivity index (χ1) is 4.77. The van der Waals surface area contributed by atoms with E-state index in [0.29, 0.717) is 12.2 Å². The fourth-order valence-electron chi connectivity index (χ4n) is 1.06. The molecule has 54 valence electrons. The van der Waals surface area contributed by atoms with E-state index >= 15 is 0 Å². The number of β-lactam (4-membered cyclic amide) rings is 1. The Kier molecular flexibility index (Phi) is 1.23. The van der Waals surface area contributed by atoms with Gasteiger partial charge >= 0.3 is 0 Å². The first-order valence-corrected chi connectivity index (χ1v) is 4.11. The van der Waals surface area contributed by atoms with Crippen LogP contribution in [0.3, 0.4) is 0 Å². The topological polar surface area (TPSA) is 20.3 Å². The lowest BCUT2D eigenvalue weighted by molar-refractivity contribution is -0.137. The lowest BCUT2D eigenvalue weighted by atomic mass is 10.2. The summed E-state index contributed by atoms with van der Waals surface area (Å²) in [6, 6.07) is 0. The third-order valence-electron chi connectivity index (χ3n) is 1.64. The van der Waals surface area contributed by atoms with Gasteiger partial charge in [-0.2, -0.15) is 0 Å². The van der Waals surface area contributed by atoms with Crippen LogP contribution in [0.5, 0.6) is 0 Å². The molecule has 10 heavy (non-hydrogen) atoms. The highest BCUT2D eigenvalue weighted by Crippen LogP contribution is 2.35. The molecule has 1 amide bonds. The van der Waals surface area contributed by atoms with E-state index in [1.165, 1.54) is 22.9 Å². The normalized spacial score (nSPS) is 30.9. The standard InChI is InChI=1S/C6H6FNOS/c7-4-2-8-5(9)1-6(8)10-3-4/h2,6H,1,3H2/t6-/m1/s1. The molecule has 0 aromatic carbocycles. The van der Waals surface area contributed by atoms with E-state index in [9.17, 15) is 9.18 Å². The molecule has 0 aliphatic carbocycles. The molecule has 4 heteroatoms. The summed E-state index contributed by atoms with van der Waals surface area (Å²) in [5, 5.41) is 0.229. The minimum Gasteiger partial charge on any atom is -0.303 e. The van der Waals surface area contributed by atoms with Crippen LogP contribution in [0.15, 0.2) is 12.0 Å². The van der Waals surface area contributed by atoms with E-state index < -0.39 is 0 Å². The van der Waals surface area contributed by atoms with Gasteiger partial charge in [0.25, 0.3) is 0 Å². The Balaban J connectivity index is 2.18. The minimum absolute atomic E-state index is 0.0346. The molecule has 0 N–H and O–H groups in total. The zero-order valence-corrected chi connectivity index (χ0v) is 6.03. The van der Waals surface area contributed by atoms with Crippen LogP contribution in [-0.2, 0) is 4.79 Å². The number of thioether (sulfide) groups is 1. The molecule has 0 bridgehead atoms. The molecule has 1 saturated heterocycles. The predicted octanol–water partition coefficient (Wildman–Crippen LogP) is 1.10. The summed E-state index contributed by atoms with van der Waals surface area (Å²) in [5.41, 5.74) is 0. The molecule has 2 aliphatic heterocycles. The Morgan fingerprint density at radius 3 is 3.20 bits per heavy atom. The Morgan fingerprint density at radius 2 is 2.60 bits per heavy atom. The van der Waals surface area contributed by atoms with Crippen molar-refractivity contribution in [3.05, 3.63) is 12.0 Å². The van der Waals surface area contributed by atoms with Crippen LogP contribution >= 0.6 is 11.8 Å². The lowest BCUT2D eigenvalue weighted by Crippen LogP contribution is -2.48. The Bertz CT molecular complexity index is 216. The first-order valence-electron chi connectivity index (χ1n) is 3.06. The molecule has 2 rings (SSSR count). The predicted molar refractivity (Wildman–Crippen MR) is 36.9 cm³/mol. The third kappa shape index (κ3) is 0.751. The van der Waals surface area contributed by atoms with Crippen molar-refractivity contribution in [1.82, 2.24) is 4.90 Å². The lowest BCUT2D eigenvalue weighted by Gasteiger charge is -2.39. The van der Waals surface area contributed by atoms with Crippen molar-refractivity contribution in [2.24, 2.45) is 0 Å². The zero-order chi connectivity index (χ0) is 7.14. The average Bonchev–Trinajstić information content (AvgIpc) is 1.92. The molecule has 1 atom stereocenters. The van der Waals surface area contributed by atoms with E-state index in [1.54, 1.807) is 0 Å². The van der Waals surface area contributed by atoms with E-state index in [4.69, 9.17) is 0 Å². The van der Waals surface area contributed by atoms with Gasteiger partial charge in [0.2, 0.25) is 5.91 Å². The van der Waals surface area contributed by atoms with E-state index in [1.807, 2.05) is 0 Å². The van der Waals surface area contributed by atoms with Gasteiger partial charge in [-0.1, -0.05) is 0 Å². The molecular weight excluding hydrogens is 153 g/mol. The summed E-state index contributed by atoms with van der Waals surface area (Å²) in [4.78, 5) is 12.2. The molecular formula is C6H6FNOS. The van der Waals surface area contributed by atoms with Crippen molar-refractivity contribution >= 4 is 17.7 Å². The van der Waals surface area contributed by atoms with Gasteiger partial charge in [-0.3, -0.25) is 4.79 Å². The Labute approximate surface area is 62.1 Å². The molecule has 0 aromatic heterocycles. The van der Waals surface area contributed by atoms with Crippen LogP contribution in [-0.4, -0.2) is 21.9 Å². The molecule has 2 nitrogen and oxygen atoms in total. The minimum atomic E-state index is -0.200. The van der Waals surface area contributed by atoms with Crippen LogP contribution in [0.4, 0.5) is 4.39 Å². The third-order valence-corrected chi connectivity index (χ3v) is 2.86. The molecule has 0 aromatic rings. The van der Waals surface area contributed by atoms with Crippen molar-refractivity contribution in [2.45, 2.75) is 11.8 Å². The number of amides is 1. The SMILES string of the molecule is O=C1C[C@H]2SCC(F)=CN12. The maximum absolute atomic E-state index is 12.5. The van der Waals surface area contributed by atoms with Crippen molar-refractivity contribution in [1.29, 1.82) is 0 Å². The monoisotopic (exact) mass is 159 g/mol. The highest BCUT2D eigenvalue weighted by Gasteiger charge is 2.37. The fourth-order valence-corrected chi connectivity index (χ4v) is 2.09. The molecule has 0 spiro atoms. The van der Waals surface area contributed by atoms with Crippen molar-refractivity contribution < 1.29 is 9.18 Å². The molecule has 0 unspecified atom stereocenters. The zero-order valence-electron chi connectivity index (χ0n) is 5.21. The fraction of sp³-hybridized carbons (Fsp3) is 0.500. The van der Waals surface area contributed by atoms with Gasteiger partial charge in [-0.15, -0.1) is 11.8 Å². The van der Waals surface area contributed by atoms with Crippen molar-refractivity contribution in [3.8, 4) is 0 Å². The second-order valence-corrected chi connectivity index (χ2v) is 3.51. The summed E-state index contributed by atoms with van der Waals surface area (Å²) in [7, 11) is 0. The van der Waals surface area contributed by atoms with E-state index in [-0.39, 0.29) is 17.1 Å². The maximum Gasteiger partial charge on any atom is 0.230 e. The summed E-state index contributed by atoms with van der Waals surface area (Å²) in [5.74, 6) is 0.260. The Hall–Kier alpha value is -0.510. The number of hydrogen-bond donors (Lipinski definition) is 0. The Morgan fingerprint density at radius 1 is 1.80 bits per heavy atom. The number of halogens is 1. The van der Waals surface area contributed by atoms with Crippen LogP contribution in [0, 0.1) is 0 Å². The summed E-state index contributed by atoms with van der Waals surface area (Å²) >= 11 is 1.49. The van der Waals surface area contributed by atoms with Crippen LogP contribution in [0.2, 0.25) is 0 Å². The van der Waals surface area contributed by atoms with Gasteiger partial charge in [0, 0.05) is 12.0 Å². The smallest absolute Gasteiger partial charge is 0.230 e. The van der Waals surface area contributed by atoms with Gasteiger partial charge in [-0.25, -0.2) is 4.39 Å². The summed E-state index contributed by atoms with van der Waals surface area (Å²) in [6.07, 6.45) is 1.89.